The van der Waals surface area contributed by atoms with Gasteiger partial charge in [0, 0.05) is 11.8 Å². The van der Waals surface area contributed by atoms with Gasteiger partial charge in [0.05, 0.1) is 0 Å². The molecule has 1 nitrogen and oxygen atoms in total. The van der Waals surface area contributed by atoms with Crippen molar-refractivity contribution in [2.24, 2.45) is 0 Å². The van der Waals surface area contributed by atoms with Crippen molar-refractivity contribution in [1.82, 2.24) is 0 Å². The van der Waals surface area contributed by atoms with E-state index in [1.807, 2.05) is 30.3 Å². The minimum atomic E-state index is -0.827. The lowest BCUT2D eigenvalue weighted by Crippen LogP contribution is -2.42. The summed E-state index contributed by atoms with van der Waals surface area (Å²) in [6, 6.07) is 16.8. The standard InChI is InChI=1S/C20H24O/c1-14(2)15-10-11-18-16(12-15)13-20(21,19(18,3)4)17-8-6-5-7-9-17/h5-12,14,21H,13H2,1-4H3. The highest BCUT2D eigenvalue weighted by molar-refractivity contribution is 5.49. The van der Waals surface area contributed by atoms with Crippen LogP contribution in [0.4, 0.5) is 0 Å². The van der Waals surface area contributed by atoms with Crippen molar-refractivity contribution in [1.29, 1.82) is 0 Å². The molecule has 1 atom stereocenters. The average Bonchev–Trinajstić information content (AvgIpc) is 2.67. The number of rotatable bonds is 2. The Morgan fingerprint density at radius 1 is 1.00 bits per heavy atom. The Morgan fingerprint density at radius 2 is 1.67 bits per heavy atom. The normalized spacial score (nSPS) is 23.3. The summed E-state index contributed by atoms with van der Waals surface area (Å²) in [6.45, 7) is 8.73. The van der Waals surface area contributed by atoms with Crippen molar-refractivity contribution in [2.45, 2.75) is 51.0 Å². The molecule has 2 aromatic rings. The molecular weight excluding hydrogens is 256 g/mol. The number of fused-ring (bicyclic) bond motifs is 1. The van der Waals surface area contributed by atoms with Crippen molar-refractivity contribution in [3.63, 3.8) is 0 Å². The van der Waals surface area contributed by atoms with Gasteiger partial charge in [0.25, 0.3) is 0 Å². The van der Waals surface area contributed by atoms with Crippen molar-refractivity contribution in [3.05, 3.63) is 70.8 Å². The fourth-order valence-electron chi connectivity index (χ4n) is 3.62. The van der Waals surface area contributed by atoms with Crippen molar-refractivity contribution >= 4 is 0 Å². The molecule has 0 amide bonds. The van der Waals surface area contributed by atoms with Gasteiger partial charge in [-0.3, -0.25) is 0 Å². The predicted octanol–water partition coefficient (Wildman–Crippen LogP) is 4.53. The van der Waals surface area contributed by atoms with E-state index in [2.05, 4.69) is 45.9 Å². The molecular formula is C20H24O. The van der Waals surface area contributed by atoms with Gasteiger partial charge in [-0.1, -0.05) is 76.2 Å². The number of aliphatic hydroxyl groups is 1. The summed E-state index contributed by atoms with van der Waals surface area (Å²) in [5.74, 6) is 0.517. The first-order valence-electron chi connectivity index (χ1n) is 7.77. The highest BCUT2D eigenvalue weighted by atomic mass is 16.3. The van der Waals surface area contributed by atoms with Crippen molar-refractivity contribution in [3.8, 4) is 0 Å². The van der Waals surface area contributed by atoms with E-state index < -0.39 is 5.60 Å². The van der Waals surface area contributed by atoms with Crippen LogP contribution in [0.15, 0.2) is 48.5 Å². The zero-order valence-corrected chi connectivity index (χ0v) is 13.4. The van der Waals surface area contributed by atoms with Crippen LogP contribution in [-0.4, -0.2) is 5.11 Å². The van der Waals surface area contributed by atoms with E-state index in [-0.39, 0.29) is 5.41 Å². The molecule has 0 bridgehead atoms. The first kappa shape index (κ1) is 14.3. The molecule has 1 unspecified atom stereocenters. The summed E-state index contributed by atoms with van der Waals surface area (Å²) in [5.41, 5.74) is 3.82. The molecule has 0 heterocycles. The summed E-state index contributed by atoms with van der Waals surface area (Å²) >= 11 is 0. The quantitative estimate of drug-likeness (QED) is 0.856. The Morgan fingerprint density at radius 3 is 2.29 bits per heavy atom. The van der Waals surface area contributed by atoms with E-state index in [1.165, 1.54) is 16.7 Å². The van der Waals surface area contributed by atoms with Gasteiger partial charge in [-0.15, -0.1) is 0 Å². The number of hydrogen-bond donors (Lipinski definition) is 1. The van der Waals surface area contributed by atoms with E-state index in [1.54, 1.807) is 0 Å². The van der Waals surface area contributed by atoms with Crippen LogP contribution in [0.2, 0.25) is 0 Å². The molecule has 0 spiro atoms. The van der Waals surface area contributed by atoms with E-state index in [9.17, 15) is 5.11 Å². The van der Waals surface area contributed by atoms with Gasteiger partial charge < -0.3 is 5.11 Å². The Kier molecular flexibility index (Phi) is 3.22. The van der Waals surface area contributed by atoms with E-state index in [0.29, 0.717) is 12.3 Å². The molecule has 1 heteroatoms. The van der Waals surface area contributed by atoms with Crippen LogP contribution < -0.4 is 0 Å². The van der Waals surface area contributed by atoms with E-state index in [4.69, 9.17) is 0 Å². The second kappa shape index (κ2) is 4.71. The molecule has 0 fully saturated rings. The Labute approximate surface area is 127 Å². The van der Waals surface area contributed by atoms with Crippen LogP contribution in [0, 0.1) is 0 Å². The van der Waals surface area contributed by atoms with Gasteiger partial charge in [0.2, 0.25) is 0 Å². The third kappa shape index (κ3) is 2.03. The number of benzene rings is 2. The monoisotopic (exact) mass is 280 g/mol. The number of hydrogen-bond acceptors (Lipinski definition) is 1. The first-order valence-corrected chi connectivity index (χ1v) is 7.77. The van der Waals surface area contributed by atoms with Gasteiger partial charge in [-0.25, -0.2) is 0 Å². The minimum absolute atomic E-state index is 0.279. The lowest BCUT2D eigenvalue weighted by Gasteiger charge is -2.38. The Balaban J connectivity index is 2.12. The first-order chi connectivity index (χ1) is 9.86. The van der Waals surface area contributed by atoms with Crippen molar-refractivity contribution in [2.75, 3.05) is 0 Å². The van der Waals surface area contributed by atoms with Crippen molar-refractivity contribution < 1.29 is 5.11 Å². The zero-order valence-electron chi connectivity index (χ0n) is 13.4. The lowest BCUT2D eigenvalue weighted by atomic mass is 9.71. The molecule has 3 rings (SSSR count). The molecule has 0 aromatic heterocycles. The van der Waals surface area contributed by atoms with Crippen LogP contribution >= 0.6 is 0 Å². The third-order valence-corrected chi connectivity index (χ3v) is 5.20. The van der Waals surface area contributed by atoms with Crippen LogP contribution in [-0.2, 0) is 17.4 Å². The third-order valence-electron chi connectivity index (χ3n) is 5.20. The fourth-order valence-corrected chi connectivity index (χ4v) is 3.62. The molecule has 0 saturated heterocycles. The van der Waals surface area contributed by atoms with Gasteiger partial charge in [-0.05, 0) is 28.2 Å². The van der Waals surface area contributed by atoms with Crippen LogP contribution in [0.5, 0.6) is 0 Å². The Bertz CT molecular complexity index is 655. The maximum absolute atomic E-state index is 11.4. The smallest absolute Gasteiger partial charge is 0.103 e. The molecule has 0 aliphatic heterocycles. The zero-order chi connectivity index (χ0) is 15.3. The van der Waals surface area contributed by atoms with E-state index >= 15 is 0 Å². The highest BCUT2D eigenvalue weighted by Gasteiger charge is 2.51. The molecule has 110 valence electrons. The molecule has 0 radical (unpaired) electrons. The molecule has 1 aliphatic rings. The molecule has 0 saturated carbocycles. The molecule has 21 heavy (non-hydrogen) atoms. The van der Waals surface area contributed by atoms with E-state index in [0.717, 1.165) is 5.56 Å². The summed E-state index contributed by atoms with van der Waals surface area (Å²) in [7, 11) is 0. The van der Waals surface area contributed by atoms with Gasteiger partial charge >= 0.3 is 0 Å². The molecule has 1 N–H and O–H groups in total. The summed E-state index contributed by atoms with van der Waals surface area (Å²) in [6.07, 6.45) is 0.694. The highest BCUT2D eigenvalue weighted by Crippen LogP contribution is 2.51. The second-order valence-corrected chi connectivity index (χ2v) is 7.10. The maximum atomic E-state index is 11.4. The largest absolute Gasteiger partial charge is 0.384 e. The summed E-state index contributed by atoms with van der Waals surface area (Å²) < 4.78 is 0. The van der Waals surface area contributed by atoms with Gasteiger partial charge in [0.1, 0.15) is 5.60 Å². The summed E-state index contributed by atoms with van der Waals surface area (Å²) in [5, 5.41) is 11.4. The fraction of sp³-hybridized carbons (Fsp3) is 0.400. The van der Waals surface area contributed by atoms with Crippen LogP contribution in [0.3, 0.4) is 0 Å². The van der Waals surface area contributed by atoms with Crippen LogP contribution in [0.1, 0.15) is 55.9 Å². The van der Waals surface area contributed by atoms with Gasteiger partial charge in [-0.2, -0.15) is 0 Å². The topological polar surface area (TPSA) is 20.2 Å². The minimum Gasteiger partial charge on any atom is -0.384 e. The molecule has 2 aromatic carbocycles. The molecule has 1 aliphatic carbocycles. The van der Waals surface area contributed by atoms with Gasteiger partial charge in [0.15, 0.2) is 0 Å². The summed E-state index contributed by atoms with van der Waals surface area (Å²) in [4.78, 5) is 0. The predicted molar refractivity (Wildman–Crippen MR) is 87.6 cm³/mol. The maximum Gasteiger partial charge on any atom is 0.103 e. The SMILES string of the molecule is CC(C)c1ccc2c(c1)CC(O)(c1ccccc1)C2(C)C. The van der Waals surface area contributed by atoms with Crippen LogP contribution in [0.25, 0.3) is 0 Å². The second-order valence-electron chi connectivity index (χ2n) is 7.10. The lowest BCUT2D eigenvalue weighted by molar-refractivity contribution is -0.0178. The Hall–Kier alpha value is -1.60. The average molecular weight is 280 g/mol.